The number of nitrogens with one attached hydrogen (secondary N) is 1. The summed E-state index contributed by atoms with van der Waals surface area (Å²) in [4.78, 5) is 27.8. The molecule has 0 saturated carbocycles. The van der Waals surface area contributed by atoms with Crippen LogP contribution in [0.25, 0.3) is 5.57 Å². The highest BCUT2D eigenvalue weighted by atomic mass is 35.5. The number of imide groups is 1. The number of quaternary nitrogens is 1. The minimum absolute atomic E-state index is 0.108. The quantitative estimate of drug-likeness (QED) is 0.846. The van der Waals surface area contributed by atoms with E-state index in [1.54, 1.807) is 24.3 Å². The van der Waals surface area contributed by atoms with E-state index < -0.39 is 0 Å². The molecule has 4 rings (SSSR count). The van der Waals surface area contributed by atoms with Crippen LogP contribution in [0.1, 0.15) is 18.4 Å². The Bertz CT molecular complexity index is 861. The maximum absolute atomic E-state index is 12.9. The van der Waals surface area contributed by atoms with Gasteiger partial charge in [-0.15, -0.1) is 0 Å². The largest absolute Gasteiger partial charge is 0.321 e. The zero-order valence-corrected chi connectivity index (χ0v) is 15.1. The predicted molar refractivity (Wildman–Crippen MR) is 102 cm³/mol. The summed E-state index contributed by atoms with van der Waals surface area (Å²) in [6.07, 6.45) is 3.39. The highest BCUT2D eigenvalue weighted by Crippen LogP contribution is 2.24. The number of hydrogen-bond donors (Lipinski definition) is 1. The topological polar surface area (TPSA) is 41.8 Å². The molecule has 0 spiro atoms. The lowest BCUT2D eigenvalue weighted by molar-refractivity contribution is -0.909. The van der Waals surface area contributed by atoms with Gasteiger partial charge in [-0.2, -0.15) is 0 Å². The Morgan fingerprint density at radius 3 is 2.38 bits per heavy atom. The van der Waals surface area contributed by atoms with Gasteiger partial charge in [-0.1, -0.05) is 41.9 Å². The van der Waals surface area contributed by atoms with Gasteiger partial charge in [-0.25, -0.2) is 4.90 Å². The van der Waals surface area contributed by atoms with Crippen LogP contribution in [0.3, 0.4) is 0 Å². The summed E-state index contributed by atoms with van der Waals surface area (Å²) in [5.74, 6) is -0.239. The molecule has 1 saturated heterocycles. The first-order valence-corrected chi connectivity index (χ1v) is 9.22. The maximum Gasteiger partial charge on any atom is 0.292 e. The first-order valence-electron chi connectivity index (χ1n) is 8.85. The van der Waals surface area contributed by atoms with Crippen LogP contribution in [0.4, 0.5) is 5.69 Å². The standard InChI is InChI=1S/C21H19ClN2O2/c22-17-6-8-18(9-7-17)24-20(25)14-19(21(24)26)23-12-10-16(11-13-23)15-4-2-1-3-5-15/h1-10,19H,11-14H2/p+1/t19-/m1/s1. The van der Waals surface area contributed by atoms with Gasteiger partial charge < -0.3 is 4.90 Å². The van der Waals surface area contributed by atoms with E-state index in [-0.39, 0.29) is 24.3 Å². The van der Waals surface area contributed by atoms with E-state index in [0.29, 0.717) is 10.7 Å². The number of rotatable bonds is 3. The van der Waals surface area contributed by atoms with Crippen LogP contribution in [-0.4, -0.2) is 30.9 Å². The molecule has 4 nitrogen and oxygen atoms in total. The molecule has 0 aliphatic carbocycles. The molecule has 132 valence electrons. The van der Waals surface area contributed by atoms with Gasteiger partial charge in [0.1, 0.15) is 0 Å². The number of anilines is 1. The van der Waals surface area contributed by atoms with Gasteiger partial charge in [-0.05, 0) is 41.5 Å². The van der Waals surface area contributed by atoms with Gasteiger partial charge in [-0.3, -0.25) is 9.59 Å². The van der Waals surface area contributed by atoms with Crippen molar-refractivity contribution in [3.8, 4) is 0 Å². The second kappa shape index (κ2) is 7.06. The van der Waals surface area contributed by atoms with Gasteiger partial charge >= 0.3 is 0 Å². The van der Waals surface area contributed by atoms with E-state index in [2.05, 4.69) is 18.2 Å². The Morgan fingerprint density at radius 2 is 1.73 bits per heavy atom. The predicted octanol–water partition coefficient (Wildman–Crippen LogP) is 2.34. The number of nitrogens with zero attached hydrogens (tertiary/aromatic N) is 1. The minimum Gasteiger partial charge on any atom is -0.321 e. The first kappa shape index (κ1) is 17.0. The van der Waals surface area contributed by atoms with Crippen molar-refractivity contribution in [1.29, 1.82) is 0 Å². The Hall–Kier alpha value is -2.43. The van der Waals surface area contributed by atoms with Crippen molar-refractivity contribution in [3.05, 3.63) is 71.3 Å². The molecule has 2 aromatic rings. The summed E-state index contributed by atoms with van der Waals surface area (Å²) in [6, 6.07) is 16.9. The van der Waals surface area contributed by atoms with Crippen molar-refractivity contribution in [2.75, 3.05) is 18.0 Å². The molecule has 0 bridgehead atoms. The van der Waals surface area contributed by atoms with Gasteiger partial charge in [0.25, 0.3) is 5.91 Å². The lowest BCUT2D eigenvalue weighted by Crippen LogP contribution is -3.17. The number of carbonyl (C=O) groups excluding carboxylic acids is 2. The Labute approximate surface area is 157 Å². The van der Waals surface area contributed by atoms with Crippen LogP contribution in [-0.2, 0) is 9.59 Å². The fourth-order valence-corrected chi connectivity index (χ4v) is 3.92. The van der Waals surface area contributed by atoms with Crippen molar-refractivity contribution in [2.45, 2.75) is 18.9 Å². The first-order chi connectivity index (χ1) is 12.6. The molecule has 2 heterocycles. The van der Waals surface area contributed by atoms with Crippen LogP contribution in [0, 0.1) is 0 Å². The monoisotopic (exact) mass is 367 g/mol. The smallest absolute Gasteiger partial charge is 0.292 e. The SMILES string of the molecule is O=C1C[C@@H]([NH+]2CC=C(c3ccccc3)CC2)C(=O)N1c1ccc(Cl)cc1. The van der Waals surface area contributed by atoms with Crippen molar-refractivity contribution >= 4 is 34.7 Å². The molecule has 0 aromatic heterocycles. The summed E-state index contributed by atoms with van der Waals surface area (Å²) < 4.78 is 0. The van der Waals surface area contributed by atoms with Crippen molar-refractivity contribution in [2.24, 2.45) is 0 Å². The number of hydrogen-bond acceptors (Lipinski definition) is 2. The lowest BCUT2D eigenvalue weighted by atomic mass is 9.98. The molecule has 1 N–H and O–H groups in total. The molecule has 1 unspecified atom stereocenters. The van der Waals surface area contributed by atoms with Crippen LogP contribution in [0.2, 0.25) is 5.02 Å². The molecule has 2 aliphatic rings. The Balaban J connectivity index is 1.49. The molecule has 26 heavy (non-hydrogen) atoms. The van der Waals surface area contributed by atoms with E-state index in [0.717, 1.165) is 19.5 Å². The lowest BCUT2D eigenvalue weighted by Gasteiger charge is -2.27. The van der Waals surface area contributed by atoms with Gasteiger partial charge in [0.05, 0.1) is 25.2 Å². The number of halogens is 1. The number of benzene rings is 2. The third-order valence-corrected chi connectivity index (χ3v) is 5.45. The summed E-state index contributed by atoms with van der Waals surface area (Å²) in [7, 11) is 0. The third kappa shape index (κ3) is 3.18. The average Bonchev–Trinajstić information content (AvgIpc) is 2.98. The molecule has 2 aliphatic heterocycles. The maximum atomic E-state index is 12.9. The molecule has 2 aromatic carbocycles. The van der Waals surface area contributed by atoms with Crippen molar-refractivity contribution in [1.82, 2.24) is 0 Å². The summed E-state index contributed by atoms with van der Waals surface area (Å²) >= 11 is 5.91. The Morgan fingerprint density at radius 1 is 1.00 bits per heavy atom. The second-order valence-corrected chi connectivity index (χ2v) is 7.19. The van der Waals surface area contributed by atoms with Gasteiger partial charge in [0, 0.05) is 11.4 Å². The second-order valence-electron chi connectivity index (χ2n) is 6.76. The van der Waals surface area contributed by atoms with Gasteiger partial charge in [0.15, 0.2) is 6.04 Å². The van der Waals surface area contributed by atoms with Crippen molar-refractivity contribution in [3.63, 3.8) is 0 Å². The van der Waals surface area contributed by atoms with E-state index in [1.807, 2.05) is 18.2 Å². The number of carbonyl (C=O) groups is 2. The highest BCUT2D eigenvalue weighted by Gasteiger charge is 2.45. The van der Waals surface area contributed by atoms with Gasteiger partial charge in [0.2, 0.25) is 5.91 Å². The van der Waals surface area contributed by atoms with E-state index >= 15 is 0 Å². The summed E-state index contributed by atoms with van der Waals surface area (Å²) in [6.45, 7) is 1.63. The summed E-state index contributed by atoms with van der Waals surface area (Å²) in [5, 5.41) is 0.588. The minimum atomic E-state index is -0.299. The zero-order valence-electron chi connectivity index (χ0n) is 14.3. The Kier molecular flexibility index (Phi) is 4.62. The van der Waals surface area contributed by atoms with E-state index in [4.69, 9.17) is 11.6 Å². The van der Waals surface area contributed by atoms with E-state index in [1.165, 1.54) is 20.9 Å². The molecule has 2 amide bonds. The highest BCUT2D eigenvalue weighted by molar-refractivity contribution is 6.30. The third-order valence-electron chi connectivity index (χ3n) is 5.19. The van der Waals surface area contributed by atoms with Crippen LogP contribution < -0.4 is 9.80 Å². The zero-order chi connectivity index (χ0) is 18.1. The molecule has 5 heteroatoms. The van der Waals surface area contributed by atoms with Crippen LogP contribution in [0.5, 0.6) is 0 Å². The van der Waals surface area contributed by atoms with Crippen LogP contribution >= 0.6 is 11.6 Å². The van der Waals surface area contributed by atoms with E-state index in [9.17, 15) is 9.59 Å². The molecule has 2 atom stereocenters. The molecule has 1 fully saturated rings. The number of amides is 2. The summed E-state index contributed by atoms with van der Waals surface area (Å²) in [5.41, 5.74) is 3.16. The van der Waals surface area contributed by atoms with Crippen LogP contribution in [0.15, 0.2) is 60.7 Å². The molecule has 0 radical (unpaired) electrons. The fourth-order valence-electron chi connectivity index (χ4n) is 3.80. The normalized spacial score (nSPS) is 23.3. The molecular formula is C21H20ClN2O2+. The average molecular weight is 368 g/mol. The fraction of sp³-hybridized carbons (Fsp3) is 0.238. The molecular weight excluding hydrogens is 348 g/mol. The van der Waals surface area contributed by atoms with Crippen molar-refractivity contribution < 1.29 is 14.5 Å².